The van der Waals surface area contributed by atoms with E-state index in [1.54, 1.807) is 12.1 Å². The maximum absolute atomic E-state index is 11.8. The molecule has 3 nitrogen and oxygen atoms in total. The lowest BCUT2D eigenvalue weighted by Gasteiger charge is -2.11. The molecular formula is C21H18O3. The first-order chi connectivity index (χ1) is 11.8. The molecule has 0 amide bonds. The van der Waals surface area contributed by atoms with Crippen molar-refractivity contribution in [3.8, 4) is 22.3 Å². The molecule has 3 heteroatoms. The molecule has 0 saturated heterocycles. The average Bonchev–Trinajstić information content (AvgIpc) is 2.67. The number of hydrogen-bond donors (Lipinski definition) is 1. The molecule has 0 spiro atoms. The predicted octanol–water partition coefficient (Wildman–Crippen LogP) is 4.17. The Bertz CT molecular complexity index is 808. The largest absolute Gasteiger partial charge is 0.460 e. The van der Waals surface area contributed by atoms with Crippen molar-refractivity contribution in [3.05, 3.63) is 84.4 Å². The smallest absolute Gasteiger partial charge is 0.338 e. The summed E-state index contributed by atoms with van der Waals surface area (Å²) < 4.78 is 4.93. The van der Waals surface area contributed by atoms with Gasteiger partial charge < -0.3 is 9.84 Å². The molecular weight excluding hydrogens is 300 g/mol. The first kappa shape index (κ1) is 16.0. The van der Waals surface area contributed by atoms with Gasteiger partial charge in [0.05, 0.1) is 12.2 Å². The van der Waals surface area contributed by atoms with Crippen molar-refractivity contribution in [2.45, 2.75) is 0 Å². The SMILES string of the molecule is O=C(OCCO)c1ccc(-c2ccccc2-c2ccccc2)cc1. The van der Waals surface area contributed by atoms with Crippen molar-refractivity contribution >= 4 is 5.97 Å². The Morgan fingerprint density at radius 1 is 0.750 bits per heavy atom. The van der Waals surface area contributed by atoms with Crippen LogP contribution in [0.3, 0.4) is 0 Å². The zero-order valence-corrected chi connectivity index (χ0v) is 13.2. The number of rotatable bonds is 5. The van der Waals surface area contributed by atoms with Gasteiger partial charge in [-0.1, -0.05) is 66.7 Å². The molecule has 0 aliphatic heterocycles. The maximum atomic E-state index is 11.8. The topological polar surface area (TPSA) is 46.5 Å². The van der Waals surface area contributed by atoms with E-state index in [1.807, 2.05) is 42.5 Å². The minimum absolute atomic E-state index is 0.0113. The second kappa shape index (κ2) is 7.57. The van der Waals surface area contributed by atoms with Crippen molar-refractivity contribution in [3.63, 3.8) is 0 Å². The normalized spacial score (nSPS) is 10.4. The number of carbonyl (C=O) groups excluding carboxylic acids is 1. The van der Waals surface area contributed by atoms with E-state index >= 15 is 0 Å². The number of aliphatic hydroxyl groups excluding tert-OH is 1. The highest BCUT2D eigenvalue weighted by Gasteiger charge is 2.09. The van der Waals surface area contributed by atoms with Gasteiger partial charge in [0, 0.05) is 0 Å². The second-order valence-electron chi connectivity index (χ2n) is 5.35. The quantitative estimate of drug-likeness (QED) is 0.718. The lowest BCUT2D eigenvalue weighted by Crippen LogP contribution is -2.08. The molecule has 1 N–H and O–H groups in total. The van der Waals surface area contributed by atoms with Crippen LogP contribution in [0.15, 0.2) is 78.9 Å². The van der Waals surface area contributed by atoms with Gasteiger partial charge in [0.2, 0.25) is 0 Å². The molecule has 0 atom stereocenters. The Kier molecular flexibility index (Phi) is 5.04. The molecule has 0 unspecified atom stereocenters. The van der Waals surface area contributed by atoms with E-state index in [0.717, 1.165) is 22.3 Å². The van der Waals surface area contributed by atoms with E-state index in [-0.39, 0.29) is 13.2 Å². The second-order valence-corrected chi connectivity index (χ2v) is 5.35. The van der Waals surface area contributed by atoms with Crippen LogP contribution in [-0.4, -0.2) is 24.3 Å². The van der Waals surface area contributed by atoms with Crippen LogP contribution in [0.2, 0.25) is 0 Å². The summed E-state index contributed by atoms with van der Waals surface area (Å²) in [7, 11) is 0. The Labute approximate surface area is 141 Å². The van der Waals surface area contributed by atoms with E-state index in [9.17, 15) is 4.79 Å². The number of esters is 1. The fourth-order valence-corrected chi connectivity index (χ4v) is 2.61. The molecule has 3 rings (SSSR count). The third-order valence-electron chi connectivity index (χ3n) is 3.77. The minimum atomic E-state index is -0.424. The highest BCUT2D eigenvalue weighted by atomic mass is 16.5. The van der Waals surface area contributed by atoms with Gasteiger partial charge in [-0.3, -0.25) is 0 Å². The van der Waals surface area contributed by atoms with Crippen LogP contribution >= 0.6 is 0 Å². The number of aliphatic hydroxyl groups is 1. The van der Waals surface area contributed by atoms with Crippen LogP contribution < -0.4 is 0 Å². The minimum Gasteiger partial charge on any atom is -0.460 e. The van der Waals surface area contributed by atoms with Gasteiger partial charge in [-0.25, -0.2) is 4.79 Å². The van der Waals surface area contributed by atoms with Gasteiger partial charge in [0.15, 0.2) is 0 Å². The molecule has 0 radical (unpaired) electrons. The predicted molar refractivity (Wildman–Crippen MR) is 94.7 cm³/mol. The molecule has 0 aliphatic rings. The van der Waals surface area contributed by atoms with Crippen molar-refractivity contribution in [1.82, 2.24) is 0 Å². The lowest BCUT2D eigenvalue weighted by atomic mass is 9.94. The van der Waals surface area contributed by atoms with Gasteiger partial charge in [-0.2, -0.15) is 0 Å². The third-order valence-corrected chi connectivity index (χ3v) is 3.77. The molecule has 3 aromatic carbocycles. The summed E-state index contributed by atoms with van der Waals surface area (Å²) in [5.74, 6) is -0.424. The van der Waals surface area contributed by atoms with Gasteiger partial charge >= 0.3 is 5.97 Å². The molecule has 24 heavy (non-hydrogen) atoms. The van der Waals surface area contributed by atoms with Crippen LogP contribution in [0.5, 0.6) is 0 Å². The number of carbonyl (C=O) groups is 1. The summed E-state index contributed by atoms with van der Waals surface area (Å²) in [4.78, 5) is 11.8. The lowest BCUT2D eigenvalue weighted by molar-refractivity contribution is 0.0434. The summed E-state index contributed by atoms with van der Waals surface area (Å²) in [6, 6.07) is 25.7. The Morgan fingerprint density at radius 2 is 1.29 bits per heavy atom. The highest BCUT2D eigenvalue weighted by molar-refractivity contribution is 5.91. The van der Waals surface area contributed by atoms with Crippen molar-refractivity contribution < 1.29 is 14.6 Å². The van der Waals surface area contributed by atoms with Crippen molar-refractivity contribution in [1.29, 1.82) is 0 Å². The van der Waals surface area contributed by atoms with Crippen LogP contribution in [0.1, 0.15) is 10.4 Å². The van der Waals surface area contributed by atoms with E-state index < -0.39 is 5.97 Å². The molecule has 0 aromatic heterocycles. The molecule has 0 bridgehead atoms. The molecule has 3 aromatic rings. The number of benzene rings is 3. The van der Waals surface area contributed by atoms with Crippen LogP contribution in [-0.2, 0) is 4.74 Å². The van der Waals surface area contributed by atoms with Gasteiger partial charge in [0.1, 0.15) is 6.61 Å². The van der Waals surface area contributed by atoms with Crippen molar-refractivity contribution in [2.75, 3.05) is 13.2 Å². The maximum Gasteiger partial charge on any atom is 0.338 e. The molecule has 0 saturated carbocycles. The van der Waals surface area contributed by atoms with Crippen LogP contribution in [0.4, 0.5) is 0 Å². The van der Waals surface area contributed by atoms with E-state index in [1.165, 1.54) is 0 Å². The Morgan fingerprint density at radius 3 is 1.88 bits per heavy atom. The van der Waals surface area contributed by atoms with Gasteiger partial charge in [-0.15, -0.1) is 0 Å². The van der Waals surface area contributed by atoms with Crippen molar-refractivity contribution in [2.24, 2.45) is 0 Å². The summed E-state index contributed by atoms with van der Waals surface area (Å²) in [6.07, 6.45) is 0. The highest BCUT2D eigenvalue weighted by Crippen LogP contribution is 2.31. The van der Waals surface area contributed by atoms with Gasteiger partial charge in [-0.05, 0) is 34.4 Å². The number of ether oxygens (including phenoxy) is 1. The summed E-state index contributed by atoms with van der Waals surface area (Å²) in [5, 5.41) is 8.72. The molecule has 0 fully saturated rings. The summed E-state index contributed by atoms with van der Waals surface area (Å²) in [6.45, 7) is -0.161. The molecule has 0 aliphatic carbocycles. The fraction of sp³-hybridized carbons (Fsp3) is 0.0952. The average molecular weight is 318 g/mol. The summed E-state index contributed by atoms with van der Waals surface area (Å²) in [5.41, 5.74) is 4.92. The van der Waals surface area contributed by atoms with Crippen LogP contribution in [0.25, 0.3) is 22.3 Å². The zero-order valence-electron chi connectivity index (χ0n) is 13.2. The monoisotopic (exact) mass is 318 g/mol. The Balaban J connectivity index is 1.92. The summed E-state index contributed by atoms with van der Waals surface area (Å²) >= 11 is 0. The van der Waals surface area contributed by atoms with Gasteiger partial charge in [0.25, 0.3) is 0 Å². The first-order valence-corrected chi connectivity index (χ1v) is 7.82. The first-order valence-electron chi connectivity index (χ1n) is 7.82. The molecule has 120 valence electrons. The fourth-order valence-electron chi connectivity index (χ4n) is 2.61. The Hall–Kier alpha value is -2.91. The van der Waals surface area contributed by atoms with E-state index in [0.29, 0.717) is 5.56 Å². The number of hydrogen-bond acceptors (Lipinski definition) is 3. The van der Waals surface area contributed by atoms with Crippen LogP contribution in [0, 0.1) is 0 Å². The standard InChI is InChI=1S/C21H18O3/c22-14-15-24-21(23)18-12-10-17(11-13-18)20-9-5-4-8-19(20)16-6-2-1-3-7-16/h1-13,22H,14-15H2. The zero-order chi connectivity index (χ0) is 16.8. The van der Waals surface area contributed by atoms with E-state index in [2.05, 4.69) is 24.3 Å². The molecule has 0 heterocycles. The third kappa shape index (κ3) is 3.53. The van der Waals surface area contributed by atoms with E-state index in [4.69, 9.17) is 9.84 Å².